The molecule has 4 heteroatoms. The molecule has 118 valence electrons. The Labute approximate surface area is 123 Å². The van der Waals surface area contributed by atoms with E-state index in [0.29, 0.717) is 6.04 Å². The molecule has 1 saturated carbocycles. The molecule has 1 aliphatic rings. The molecule has 0 bridgehead atoms. The highest BCUT2D eigenvalue weighted by atomic mass is 16.6. The Morgan fingerprint density at radius 1 is 1.00 bits per heavy atom. The van der Waals surface area contributed by atoms with Crippen LogP contribution < -0.4 is 11.1 Å². The van der Waals surface area contributed by atoms with Crippen molar-refractivity contribution in [2.45, 2.75) is 96.2 Å². The van der Waals surface area contributed by atoms with E-state index in [1.165, 1.54) is 25.7 Å². The highest BCUT2D eigenvalue weighted by molar-refractivity contribution is 5.68. The first kappa shape index (κ1) is 17.3. The number of amides is 1. The van der Waals surface area contributed by atoms with Crippen LogP contribution in [0, 0.1) is 0 Å². The van der Waals surface area contributed by atoms with Crippen molar-refractivity contribution in [2.24, 2.45) is 5.73 Å². The average molecular weight is 284 g/mol. The summed E-state index contributed by atoms with van der Waals surface area (Å²) in [6, 6.07) is 0.561. The summed E-state index contributed by atoms with van der Waals surface area (Å²) in [5, 5.41) is 3.02. The molecule has 0 aliphatic heterocycles. The highest BCUT2D eigenvalue weighted by Crippen LogP contribution is 2.17. The zero-order valence-corrected chi connectivity index (χ0v) is 13.4. The predicted octanol–water partition coefficient (Wildman–Crippen LogP) is 3.73. The Morgan fingerprint density at radius 2 is 1.55 bits per heavy atom. The average Bonchev–Trinajstić information content (AvgIpc) is 2.33. The second-order valence-corrected chi connectivity index (χ2v) is 7.03. The third-order valence-electron chi connectivity index (χ3n) is 3.73. The molecule has 1 rings (SSSR count). The maximum absolute atomic E-state index is 11.9. The van der Waals surface area contributed by atoms with E-state index in [9.17, 15) is 4.79 Å². The second-order valence-electron chi connectivity index (χ2n) is 7.03. The van der Waals surface area contributed by atoms with E-state index in [-0.39, 0.29) is 12.1 Å². The lowest BCUT2D eigenvalue weighted by atomic mass is 10.0. The fraction of sp³-hybridized carbons (Fsp3) is 0.938. The molecule has 1 fully saturated rings. The minimum absolute atomic E-state index is 0.232. The molecular formula is C16H32N2O2. The van der Waals surface area contributed by atoms with Crippen LogP contribution in [0.4, 0.5) is 4.79 Å². The van der Waals surface area contributed by atoms with Crippen LogP contribution >= 0.6 is 0 Å². The van der Waals surface area contributed by atoms with Gasteiger partial charge in [0.1, 0.15) is 5.60 Å². The SMILES string of the molecule is CC(C)(C)OC(=O)NC1CCCCCCC(N)CCC1. The summed E-state index contributed by atoms with van der Waals surface area (Å²) in [7, 11) is 0. The summed E-state index contributed by atoms with van der Waals surface area (Å²) in [4.78, 5) is 11.9. The summed E-state index contributed by atoms with van der Waals surface area (Å²) in [6.45, 7) is 5.68. The van der Waals surface area contributed by atoms with Gasteiger partial charge in [-0.2, -0.15) is 0 Å². The Morgan fingerprint density at radius 3 is 2.20 bits per heavy atom. The summed E-state index contributed by atoms with van der Waals surface area (Å²) in [6.07, 6.45) is 9.97. The maximum atomic E-state index is 11.9. The second kappa shape index (κ2) is 8.50. The lowest BCUT2D eigenvalue weighted by molar-refractivity contribution is 0.0498. The van der Waals surface area contributed by atoms with Gasteiger partial charge in [-0.25, -0.2) is 4.79 Å². The van der Waals surface area contributed by atoms with Gasteiger partial charge in [0.15, 0.2) is 0 Å². The summed E-state index contributed by atoms with van der Waals surface area (Å²) in [5.74, 6) is 0. The van der Waals surface area contributed by atoms with Crippen molar-refractivity contribution in [3.8, 4) is 0 Å². The topological polar surface area (TPSA) is 64.3 Å². The van der Waals surface area contributed by atoms with E-state index in [4.69, 9.17) is 10.5 Å². The zero-order chi connectivity index (χ0) is 15.0. The molecule has 2 atom stereocenters. The summed E-state index contributed by atoms with van der Waals surface area (Å²) >= 11 is 0. The minimum Gasteiger partial charge on any atom is -0.444 e. The summed E-state index contributed by atoms with van der Waals surface area (Å²) < 4.78 is 5.34. The first-order valence-corrected chi connectivity index (χ1v) is 8.12. The summed E-state index contributed by atoms with van der Waals surface area (Å²) in [5.41, 5.74) is 5.66. The van der Waals surface area contributed by atoms with Crippen LogP contribution in [-0.4, -0.2) is 23.8 Å². The van der Waals surface area contributed by atoms with Gasteiger partial charge in [0.25, 0.3) is 0 Å². The van der Waals surface area contributed by atoms with Gasteiger partial charge in [0.2, 0.25) is 0 Å². The molecule has 0 radical (unpaired) electrons. The molecule has 0 saturated heterocycles. The lowest BCUT2D eigenvalue weighted by Crippen LogP contribution is -2.39. The van der Waals surface area contributed by atoms with Crippen LogP contribution in [0.2, 0.25) is 0 Å². The first-order valence-electron chi connectivity index (χ1n) is 8.12. The number of ether oxygens (including phenoxy) is 1. The molecule has 4 nitrogen and oxygen atoms in total. The Balaban J connectivity index is 2.42. The minimum atomic E-state index is -0.431. The van der Waals surface area contributed by atoms with E-state index in [1.54, 1.807) is 0 Å². The Kier molecular flexibility index (Phi) is 7.35. The van der Waals surface area contributed by atoms with Crippen LogP contribution in [-0.2, 0) is 4.74 Å². The standard InChI is InChI=1S/C16H32N2O2/c1-16(2,3)20-15(19)18-14-11-7-5-4-6-9-13(17)10-8-12-14/h13-14H,4-12,17H2,1-3H3,(H,18,19). The number of nitrogens with two attached hydrogens (primary N) is 1. The van der Waals surface area contributed by atoms with Gasteiger partial charge in [-0.05, 0) is 52.9 Å². The molecular weight excluding hydrogens is 252 g/mol. The highest BCUT2D eigenvalue weighted by Gasteiger charge is 2.19. The number of alkyl carbamates (subject to hydrolysis) is 1. The molecule has 1 amide bonds. The largest absolute Gasteiger partial charge is 0.444 e. The zero-order valence-electron chi connectivity index (χ0n) is 13.4. The molecule has 20 heavy (non-hydrogen) atoms. The van der Waals surface area contributed by atoms with Crippen molar-refractivity contribution in [2.75, 3.05) is 0 Å². The Hall–Kier alpha value is -0.770. The molecule has 2 unspecified atom stereocenters. The van der Waals surface area contributed by atoms with Crippen molar-refractivity contribution in [3.05, 3.63) is 0 Å². The number of carbonyl (C=O) groups excluding carboxylic acids is 1. The van der Waals surface area contributed by atoms with Gasteiger partial charge >= 0.3 is 6.09 Å². The molecule has 0 aromatic carbocycles. The number of carbonyl (C=O) groups is 1. The van der Waals surface area contributed by atoms with E-state index < -0.39 is 5.60 Å². The molecule has 0 aromatic rings. The van der Waals surface area contributed by atoms with Gasteiger partial charge in [0, 0.05) is 12.1 Å². The normalized spacial score (nSPS) is 26.4. The van der Waals surface area contributed by atoms with E-state index in [0.717, 1.165) is 32.1 Å². The van der Waals surface area contributed by atoms with Crippen LogP contribution in [0.1, 0.15) is 78.6 Å². The molecule has 1 aliphatic carbocycles. The quantitative estimate of drug-likeness (QED) is 0.771. The van der Waals surface area contributed by atoms with Crippen molar-refractivity contribution < 1.29 is 9.53 Å². The third-order valence-corrected chi connectivity index (χ3v) is 3.73. The van der Waals surface area contributed by atoms with Crippen molar-refractivity contribution in [1.82, 2.24) is 5.32 Å². The van der Waals surface area contributed by atoms with Crippen LogP contribution in [0.15, 0.2) is 0 Å². The van der Waals surface area contributed by atoms with Gasteiger partial charge in [-0.3, -0.25) is 0 Å². The van der Waals surface area contributed by atoms with Crippen molar-refractivity contribution in [3.63, 3.8) is 0 Å². The van der Waals surface area contributed by atoms with Crippen LogP contribution in [0.3, 0.4) is 0 Å². The number of hydrogen-bond donors (Lipinski definition) is 2. The third kappa shape index (κ3) is 8.41. The van der Waals surface area contributed by atoms with Gasteiger partial charge in [-0.15, -0.1) is 0 Å². The van der Waals surface area contributed by atoms with Crippen molar-refractivity contribution in [1.29, 1.82) is 0 Å². The van der Waals surface area contributed by atoms with Crippen molar-refractivity contribution >= 4 is 6.09 Å². The molecule has 0 spiro atoms. The lowest BCUT2D eigenvalue weighted by Gasteiger charge is -2.24. The fourth-order valence-corrected chi connectivity index (χ4v) is 2.68. The van der Waals surface area contributed by atoms with Gasteiger partial charge < -0.3 is 15.8 Å². The van der Waals surface area contributed by atoms with Gasteiger partial charge in [0.05, 0.1) is 0 Å². The van der Waals surface area contributed by atoms with Crippen LogP contribution in [0.5, 0.6) is 0 Å². The van der Waals surface area contributed by atoms with E-state index in [2.05, 4.69) is 5.32 Å². The van der Waals surface area contributed by atoms with E-state index >= 15 is 0 Å². The molecule has 0 aromatic heterocycles. The van der Waals surface area contributed by atoms with Crippen LogP contribution in [0.25, 0.3) is 0 Å². The van der Waals surface area contributed by atoms with E-state index in [1.807, 2.05) is 20.8 Å². The number of rotatable bonds is 1. The first-order chi connectivity index (χ1) is 9.37. The number of hydrogen-bond acceptors (Lipinski definition) is 3. The predicted molar refractivity (Wildman–Crippen MR) is 82.7 cm³/mol. The Bertz CT molecular complexity index is 287. The fourth-order valence-electron chi connectivity index (χ4n) is 2.68. The smallest absolute Gasteiger partial charge is 0.407 e. The monoisotopic (exact) mass is 284 g/mol. The maximum Gasteiger partial charge on any atom is 0.407 e. The number of nitrogens with one attached hydrogen (secondary N) is 1. The molecule has 3 N–H and O–H groups in total. The van der Waals surface area contributed by atoms with Gasteiger partial charge in [-0.1, -0.05) is 25.7 Å². The molecule has 0 heterocycles.